The molecule has 6 nitrogen and oxygen atoms in total. The maximum Gasteiger partial charge on any atom is 0.227 e. The van der Waals surface area contributed by atoms with Crippen LogP contribution in [0.5, 0.6) is 0 Å². The van der Waals surface area contributed by atoms with Crippen LogP contribution in [-0.2, 0) is 0 Å². The van der Waals surface area contributed by atoms with Gasteiger partial charge in [0, 0.05) is 44.9 Å². The Bertz CT molecular complexity index is 2650. The second-order valence-corrected chi connectivity index (χ2v) is 12.1. The van der Waals surface area contributed by atoms with Crippen molar-refractivity contribution in [3.05, 3.63) is 158 Å². The van der Waals surface area contributed by atoms with Gasteiger partial charge in [-0.3, -0.25) is 4.98 Å². The zero-order valence-corrected chi connectivity index (χ0v) is 26.1. The van der Waals surface area contributed by atoms with Gasteiger partial charge in [-0.1, -0.05) is 72.8 Å². The van der Waals surface area contributed by atoms with Crippen LogP contribution in [0.1, 0.15) is 0 Å². The van der Waals surface area contributed by atoms with Crippen molar-refractivity contribution < 1.29 is 8.83 Å². The Labute approximate surface area is 280 Å². The Morgan fingerprint density at radius 3 is 1.67 bits per heavy atom. The summed E-state index contributed by atoms with van der Waals surface area (Å²) in [4.78, 5) is 14.4. The van der Waals surface area contributed by atoms with Crippen LogP contribution in [0.15, 0.2) is 167 Å². The SMILES string of the molecule is c1ccc(-c2cccnc2-c2cccc(-n3c4ccc(-c5nc6ccccc6o5)cc4c4cc(-c5nc6ccccc6o5)ccc43)c2)cc1. The number of pyridine rings is 1. The molecule has 0 saturated heterocycles. The summed E-state index contributed by atoms with van der Waals surface area (Å²) in [6.07, 6.45) is 1.86. The lowest BCUT2D eigenvalue weighted by Crippen LogP contribution is -1.96. The molecule has 0 spiro atoms. The highest BCUT2D eigenvalue weighted by atomic mass is 16.4. The molecule has 0 amide bonds. The molecule has 0 aliphatic rings. The first-order valence-corrected chi connectivity index (χ1v) is 16.2. The summed E-state index contributed by atoms with van der Waals surface area (Å²) in [6, 6.07) is 51.6. The Morgan fingerprint density at radius 2 is 1.04 bits per heavy atom. The highest BCUT2D eigenvalue weighted by Crippen LogP contribution is 2.39. The van der Waals surface area contributed by atoms with Crippen molar-refractivity contribution in [3.8, 4) is 51.0 Å². The minimum atomic E-state index is 0.588. The Balaban J connectivity index is 1.19. The topological polar surface area (TPSA) is 69.9 Å². The monoisotopic (exact) mass is 630 g/mol. The number of hydrogen-bond donors (Lipinski definition) is 0. The lowest BCUT2D eigenvalue weighted by Gasteiger charge is -2.13. The van der Waals surface area contributed by atoms with E-state index in [4.69, 9.17) is 23.8 Å². The van der Waals surface area contributed by atoms with Crippen LogP contribution in [0.25, 0.3) is 95.0 Å². The molecule has 0 radical (unpaired) electrons. The number of benzene rings is 6. The molecule has 0 N–H and O–H groups in total. The zero-order chi connectivity index (χ0) is 32.3. The van der Waals surface area contributed by atoms with Crippen LogP contribution in [0, 0.1) is 0 Å². The third-order valence-corrected chi connectivity index (χ3v) is 9.12. The van der Waals surface area contributed by atoms with Gasteiger partial charge in [0.05, 0.1) is 16.7 Å². The Kier molecular flexibility index (Phi) is 6.08. The lowest BCUT2D eigenvalue weighted by molar-refractivity contribution is 0.619. The summed E-state index contributed by atoms with van der Waals surface area (Å²) < 4.78 is 14.7. The smallest absolute Gasteiger partial charge is 0.227 e. The van der Waals surface area contributed by atoms with Crippen molar-refractivity contribution in [2.75, 3.05) is 0 Å². The van der Waals surface area contributed by atoms with E-state index in [-0.39, 0.29) is 0 Å². The second-order valence-electron chi connectivity index (χ2n) is 12.1. The van der Waals surface area contributed by atoms with Crippen LogP contribution < -0.4 is 0 Å². The third kappa shape index (κ3) is 4.53. The Hall–Kier alpha value is -6.79. The van der Waals surface area contributed by atoms with Gasteiger partial charge in [-0.05, 0) is 84.4 Å². The highest BCUT2D eigenvalue weighted by Gasteiger charge is 2.19. The maximum atomic E-state index is 6.20. The molecule has 0 saturated carbocycles. The molecule has 0 bridgehead atoms. The first-order chi connectivity index (χ1) is 24.3. The number of aromatic nitrogens is 4. The van der Waals surface area contributed by atoms with Gasteiger partial charge in [-0.2, -0.15) is 0 Å². The molecular weight excluding hydrogens is 604 g/mol. The van der Waals surface area contributed by atoms with Crippen LogP contribution in [0.2, 0.25) is 0 Å². The van der Waals surface area contributed by atoms with Crippen molar-refractivity contribution in [1.29, 1.82) is 0 Å². The van der Waals surface area contributed by atoms with E-state index in [2.05, 4.69) is 95.6 Å². The molecule has 6 heteroatoms. The van der Waals surface area contributed by atoms with E-state index in [1.807, 2.05) is 66.9 Å². The van der Waals surface area contributed by atoms with Gasteiger partial charge in [0.1, 0.15) is 11.0 Å². The van der Waals surface area contributed by atoms with E-state index >= 15 is 0 Å². The second kappa shape index (κ2) is 10.9. The first-order valence-electron chi connectivity index (χ1n) is 16.2. The molecule has 230 valence electrons. The summed E-state index contributed by atoms with van der Waals surface area (Å²) in [5.41, 5.74) is 12.4. The van der Waals surface area contributed by atoms with Gasteiger partial charge >= 0.3 is 0 Å². The van der Waals surface area contributed by atoms with E-state index < -0.39 is 0 Å². The normalized spacial score (nSPS) is 11.7. The Morgan fingerprint density at radius 1 is 0.449 bits per heavy atom. The molecule has 0 unspecified atom stereocenters. The lowest BCUT2D eigenvalue weighted by atomic mass is 9.99. The summed E-state index contributed by atoms with van der Waals surface area (Å²) in [6.45, 7) is 0. The number of nitrogens with zero attached hydrogens (tertiary/aromatic N) is 4. The standard InChI is InChI=1S/C43H26N4O2/c1-2-10-27(11-3-1)32-14-9-23-44-41(32)28-12-8-13-31(24-28)47-37-21-19-29(42-45-35-15-4-6-17-39(35)48-42)25-33(37)34-26-30(20-22-38(34)47)43-46-36-16-5-7-18-40(36)49-43/h1-26H. The van der Waals surface area contributed by atoms with Crippen LogP contribution >= 0.6 is 0 Å². The molecule has 4 heterocycles. The average molecular weight is 631 g/mol. The van der Waals surface area contributed by atoms with Crippen LogP contribution in [0.4, 0.5) is 0 Å². The molecule has 0 atom stereocenters. The predicted octanol–water partition coefficient (Wildman–Crippen LogP) is 11.1. The molecule has 10 rings (SSSR count). The summed E-state index contributed by atoms with van der Waals surface area (Å²) >= 11 is 0. The zero-order valence-electron chi connectivity index (χ0n) is 26.1. The molecule has 0 fully saturated rings. The predicted molar refractivity (Wildman–Crippen MR) is 195 cm³/mol. The van der Waals surface area contributed by atoms with Gasteiger partial charge in [0.25, 0.3) is 0 Å². The van der Waals surface area contributed by atoms with E-state index in [0.29, 0.717) is 11.8 Å². The van der Waals surface area contributed by atoms with Gasteiger partial charge in [-0.15, -0.1) is 0 Å². The van der Waals surface area contributed by atoms with Gasteiger partial charge < -0.3 is 13.4 Å². The maximum absolute atomic E-state index is 6.20. The number of fused-ring (bicyclic) bond motifs is 5. The summed E-state index contributed by atoms with van der Waals surface area (Å²) in [5.74, 6) is 1.18. The fraction of sp³-hybridized carbons (Fsp3) is 0. The largest absolute Gasteiger partial charge is 0.436 e. The third-order valence-electron chi connectivity index (χ3n) is 9.12. The van der Waals surface area contributed by atoms with Crippen molar-refractivity contribution in [2.45, 2.75) is 0 Å². The minimum Gasteiger partial charge on any atom is -0.436 e. The summed E-state index contributed by atoms with van der Waals surface area (Å²) in [5, 5.41) is 2.14. The number of rotatable bonds is 5. The van der Waals surface area contributed by atoms with Gasteiger partial charge in [0.15, 0.2) is 11.2 Å². The number of para-hydroxylation sites is 4. The number of oxazole rings is 2. The molecule has 0 aliphatic heterocycles. The van der Waals surface area contributed by atoms with E-state index in [0.717, 1.165) is 83.2 Å². The van der Waals surface area contributed by atoms with Crippen molar-refractivity contribution in [2.24, 2.45) is 0 Å². The molecule has 10 aromatic rings. The molecule has 6 aromatic carbocycles. The van der Waals surface area contributed by atoms with E-state index in [1.54, 1.807) is 0 Å². The van der Waals surface area contributed by atoms with Crippen molar-refractivity contribution in [3.63, 3.8) is 0 Å². The van der Waals surface area contributed by atoms with Gasteiger partial charge in [0.2, 0.25) is 11.8 Å². The van der Waals surface area contributed by atoms with Crippen molar-refractivity contribution in [1.82, 2.24) is 19.5 Å². The van der Waals surface area contributed by atoms with Gasteiger partial charge in [-0.25, -0.2) is 9.97 Å². The van der Waals surface area contributed by atoms with Crippen molar-refractivity contribution >= 4 is 44.0 Å². The molecule has 49 heavy (non-hydrogen) atoms. The quantitative estimate of drug-likeness (QED) is 0.189. The van der Waals surface area contributed by atoms with E-state index in [9.17, 15) is 0 Å². The summed E-state index contributed by atoms with van der Waals surface area (Å²) in [7, 11) is 0. The number of hydrogen-bond acceptors (Lipinski definition) is 5. The highest BCUT2D eigenvalue weighted by molar-refractivity contribution is 6.11. The molecular formula is C43H26N4O2. The molecule has 4 aromatic heterocycles. The fourth-order valence-electron chi connectivity index (χ4n) is 6.84. The van der Waals surface area contributed by atoms with Crippen LogP contribution in [0.3, 0.4) is 0 Å². The molecule has 0 aliphatic carbocycles. The fourth-order valence-corrected chi connectivity index (χ4v) is 6.84. The first kappa shape index (κ1) is 27.3. The van der Waals surface area contributed by atoms with E-state index in [1.165, 1.54) is 0 Å². The minimum absolute atomic E-state index is 0.588. The average Bonchev–Trinajstić information content (AvgIpc) is 3.89. The van der Waals surface area contributed by atoms with Crippen LogP contribution in [-0.4, -0.2) is 19.5 Å².